The van der Waals surface area contributed by atoms with E-state index >= 15 is 0 Å². The highest BCUT2D eigenvalue weighted by Gasteiger charge is 2.16. The van der Waals surface area contributed by atoms with E-state index in [0.29, 0.717) is 16.3 Å². The Labute approximate surface area is 124 Å². The molecule has 104 valence electrons. The first-order valence-corrected chi connectivity index (χ1v) is 6.82. The Morgan fingerprint density at radius 2 is 1.85 bits per heavy atom. The summed E-state index contributed by atoms with van der Waals surface area (Å²) in [6, 6.07) is 12.8. The van der Waals surface area contributed by atoms with Crippen LogP contribution in [0.15, 0.2) is 42.5 Å². The number of carbonyl (C=O) groups excluding carboxylic acids is 1. The summed E-state index contributed by atoms with van der Waals surface area (Å²) in [5, 5.41) is 0.404. The van der Waals surface area contributed by atoms with Gasteiger partial charge < -0.3 is 10.6 Å². The minimum Gasteiger partial charge on any atom is -0.399 e. The van der Waals surface area contributed by atoms with Crippen LogP contribution in [0.5, 0.6) is 0 Å². The standard InChI is InChI=1S/C16H17ClN2O/c1-3-11-4-7-13(8-5-11)19(2)16(20)14-10-12(18)6-9-15(14)17/h4-10H,3,18H2,1-2H3. The van der Waals surface area contributed by atoms with Gasteiger partial charge in [0.05, 0.1) is 10.6 Å². The molecule has 2 aromatic carbocycles. The summed E-state index contributed by atoms with van der Waals surface area (Å²) in [5.41, 5.74) is 8.70. The van der Waals surface area contributed by atoms with Crippen molar-refractivity contribution in [2.24, 2.45) is 0 Å². The third kappa shape index (κ3) is 2.94. The van der Waals surface area contributed by atoms with Crippen LogP contribution in [0.4, 0.5) is 11.4 Å². The molecule has 0 radical (unpaired) electrons. The second kappa shape index (κ2) is 5.97. The third-order valence-corrected chi connectivity index (χ3v) is 3.59. The predicted molar refractivity (Wildman–Crippen MR) is 84.4 cm³/mol. The molecule has 20 heavy (non-hydrogen) atoms. The van der Waals surface area contributed by atoms with E-state index in [1.807, 2.05) is 24.3 Å². The number of hydrogen-bond donors (Lipinski definition) is 1. The Bertz CT molecular complexity index is 623. The first-order chi connectivity index (χ1) is 9.52. The molecular weight excluding hydrogens is 272 g/mol. The second-order valence-corrected chi connectivity index (χ2v) is 5.03. The van der Waals surface area contributed by atoms with Gasteiger partial charge >= 0.3 is 0 Å². The van der Waals surface area contributed by atoms with Gasteiger partial charge in [0.15, 0.2) is 0 Å². The molecule has 0 fully saturated rings. The van der Waals surface area contributed by atoms with Crippen molar-refractivity contribution in [3.05, 3.63) is 58.6 Å². The van der Waals surface area contributed by atoms with E-state index in [4.69, 9.17) is 17.3 Å². The van der Waals surface area contributed by atoms with Crippen molar-refractivity contribution in [2.45, 2.75) is 13.3 Å². The van der Waals surface area contributed by atoms with Crippen LogP contribution in [0.1, 0.15) is 22.8 Å². The van der Waals surface area contributed by atoms with Gasteiger partial charge in [0.2, 0.25) is 0 Å². The Hall–Kier alpha value is -2.00. The van der Waals surface area contributed by atoms with E-state index in [1.54, 1.807) is 30.1 Å². The van der Waals surface area contributed by atoms with Crippen LogP contribution in [0.3, 0.4) is 0 Å². The quantitative estimate of drug-likeness (QED) is 0.874. The maximum atomic E-state index is 12.5. The van der Waals surface area contributed by atoms with Crippen LogP contribution in [-0.4, -0.2) is 13.0 Å². The van der Waals surface area contributed by atoms with Crippen molar-refractivity contribution in [3.63, 3.8) is 0 Å². The summed E-state index contributed by atoms with van der Waals surface area (Å²) in [6.07, 6.45) is 0.971. The fourth-order valence-electron chi connectivity index (χ4n) is 1.96. The van der Waals surface area contributed by atoms with Gasteiger partial charge in [-0.1, -0.05) is 30.7 Å². The van der Waals surface area contributed by atoms with Crippen LogP contribution >= 0.6 is 11.6 Å². The third-order valence-electron chi connectivity index (χ3n) is 3.26. The number of rotatable bonds is 3. The largest absolute Gasteiger partial charge is 0.399 e. The predicted octanol–water partition coefficient (Wildman–Crippen LogP) is 3.76. The van der Waals surface area contributed by atoms with Crippen LogP contribution in [0, 0.1) is 0 Å². The first-order valence-electron chi connectivity index (χ1n) is 6.45. The lowest BCUT2D eigenvalue weighted by Crippen LogP contribution is -2.26. The molecule has 1 amide bonds. The number of hydrogen-bond acceptors (Lipinski definition) is 2. The van der Waals surface area contributed by atoms with E-state index < -0.39 is 0 Å². The van der Waals surface area contributed by atoms with Crippen LogP contribution in [0.25, 0.3) is 0 Å². The van der Waals surface area contributed by atoms with Crippen molar-refractivity contribution in [2.75, 3.05) is 17.7 Å². The summed E-state index contributed by atoms with van der Waals surface area (Å²) >= 11 is 6.07. The number of carbonyl (C=O) groups is 1. The normalized spacial score (nSPS) is 10.3. The molecule has 0 bridgehead atoms. The molecule has 0 saturated heterocycles. The fraction of sp³-hybridized carbons (Fsp3) is 0.188. The molecule has 0 aromatic heterocycles. The molecule has 0 saturated carbocycles. The number of anilines is 2. The SMILES string of the molecule is CCc1ccc(N(C)C(=O)c2cc(N)ccc2Cl)cc1. The molecule has 0 heterocycles. The van der Waals surface area contributed by atoms with Crippen LogP contribution in [0.2, 0.25) is 5.02 Å². The zero-order valence-corrected chi connectivity index (χ0v) is 12.3. The minimum absolute atomic E-state index is 0.174. The van der Waals surface area contributed by atoms with E-state index in [9.17, 15) is 4.79 Å². The highest BCUT2D eigenvalue weighted by Crippen LogP contribution is 2.23. The van der Waals surface area contributed by atoms with Crippen LogP contribution in [-0.2, 0) is 6.42 Å². The highest BCUT2D eigenvalue weighted by molar-refractivity contribution is 6.34. The Kier molecular flexibility index (Phi) is 4.30. The van der Waals surface area contributed by atoms with Gasteiger partial charge in [-0.3, -0.25) is 4.79 Å². The average Bonchev–Trinajstić information content (AvgIpc) is 2.48. The number of nitrogen functional groups attached to an aromatic ring is 1. The van der Waals surface area contributed by atoms with Gasteiger partial charge in [-0.05, 0) is 42.3 Å². The summed E-state index contributed by atoms with van der Waals surface area (Å²) in [6.45, 7) is 2.09. The number of halogens is 1. The summed E-state index contributed by atoms with van der Waals surface area (Å²) in [5.74, 6) is -0.174. The lowest BCUT2D eigenvalue weighted by molar-refractivity contribution is 0.0993. The molecule has 2 N–H and O–H groups in total. The monoisotopic (exact) mass is 288 g/mol. The van der Waals surface area contributed by atoms with Crippen molar-refractivity contribution in [1.82, 2.24) is 0 Å². The summed E-state index contributed by atoms with van der Waals surface area (Å²) < 4.78 is 0. The molecular formula is C16H17ClN2O. The lowest BCUT2D eigenvalue weighted by Gasteiger charge is -2.18. The molecule has 2 aromatic rings. The molecule has 0 aliphatic carbocycles. The molecule has 4 heteroatoms. The van der Waals surface area contributed by atoms with Crippen molar-refractivity contribution < 1.29 is 4.79 Å². The fourth-order valence-corrected chi connectivity index (χ4v) is 2.16. The van der Waals surface area contributed by atoms with Crippen LogP contribution < -0.4 is 10.6 Å². The van der Waals surface area contributed by atoms with Crippen molar-refractivity contribution >= 4 is 28.9 Å². The van der Waals surface area contributed by atoms with E-state index in [2.05, 4.69) is 6.92 Å². The van der Waals surface area contributed by atoms with Crippen molar-refractivity contribution in [3.8, 4) is 0 Å². The molecule has 3 nitrogen and oxygen atoms in total. The number of aryl methyl sites for hydroxylation is 1. The minimum atomic E-state index is -0.174. The van der Waals surface area contributed by atoms with Crippen molar-refractivity contribution in [1.29, 1.82) is 0 Å². The van der Waals surface area contributed by atoms with Gasteiger partial charge in [-0.2, -0.15) is 0 Å². The maximum absolute atomic E-state index is 12.5. The van der Waals surface area contributed by atoms with Gasteiger partial charge in [0.1, 0.15) is 0 Å². The smallest absolute Gasteiger partial charge is 0.259 e. The number of benzene rings is 2. The molecule has 0 atom stereocenters. The summed E-state index contributed by atoms with van der Waals surface area (Å²) in [7, 11) is 1.73. The van der Waals surface area contributed by atoms with Gasteiger partial charge in [0, 0.05) is 18.4 Å². The first kappa shape index (κ1) is 14.4. The highest BCUT2D eigenvalue weighted by atomic mass is 35.5. The topological polar surface area (TPSA) is 46.3 Å². The van der Waals surface area contributed by atoms with E-state index in [-0.39, 0.29) is 5.91 Å². The van der Waals surface area contributed by atoms with E-state index in [0.717, 1.165) is 12.1 Å². The summed E-state index contributed by atoms with van der Waals surface area (Å²) in [4.78, 5) is 14.0. The Morgan fingerprint density at radius 1 is 1.20 bits per heavy atom. The average molecular weight is 289 g/mol. The second-order valence-electron chi connectivity index (χ2n) is 4.62. The van der Waals surface area contributed by atoms with Gasteiger partial charge in [-0.15, -0.1) is 0 Å². The van der Waals surface area contributed by atoms with E-state index in [1.165, 1.54) is 5.56 Å². The number of amides is 1. The molecule has 0 spiro atoms. The Balaban J connectivity index is 2.29. The molecule has 0 aliphatic rings. The van der Waals surface area contributed by atoms with Gasteiger partial charge in [0.25, 0.3) is 5.91 Å². The Morgan fingerprint density at radius 3 is 2.45 bits per heavy atom. The zero-order valence-electron chi connectivity index (χ0n) is 11.6. The zero-order chi connectivity index (χ0) is 14.7. The maximum Gasteiger partial charge on any atom is 0.259 e. The lowest BCUT2D eigenvalue weighted by atomic mass is 10.1. The molecule has 0 aliphatic heterocycles. The molecule has 2 rings (SSSR count). The molecule has 0 unspecified atom stereocenters. The number of nitrogens with two attached hydrogens (primary N) is 1. The number of nitrogens with zero attached hydrogens (tertiary/aromatic N) is 1. The van der Waals surface area contributed by atoms with Gasteiger partial charge in [-0.25, -0.2) is 0 Å².